The predicted octanol–water partition coefficient (Wildman–Crippen LogP) is 3.43. The van der Waals surface area contributed by atoms with Crippen molar-refractivity contribution >= 4 is 11.7 Å². The van der Waals surface area contributed by atoms with Gasteiger partial charge in [0, 0.05) is 52.0 Å². The molecule has 0 spiro atoms. The number of nitrogens with zero attached hydrogens (tertiary/aromatic N) is 4. The summed E-state index contributed by atoms with van der Waals surface area (Å²) in [7, 11) is 0. The molecule has 2 saturated heterocycles. The molecule has 1 aromatic rings. The average molecular weight is 403 g/mol. The number of piperidine rings is 1. The molecular formula is C23H38N4O2. The minimum absolute atomic E-state index is 0.142. The molecule has 0 saturated carbocycles. The normalized spacial score (nSPS) is 18.0. The lowest BCUT2D eigenvalue weighted by Gasteiger charge is -2.32. The van der Waals surface area contributed by atoms with Crippen molar-refractivity contribution in [3.63, 3.8) is 0 Å². The van der Waals surface area contributed by atoms with Gasteiger partial charge in [0.1, 0.15) is 5.82 Å². The number of morpholine rings is 1. The van der Waals surface area contributed by atoms with Crippen LogP contribution < -0.4 is 4.90 Å². The number of amides is 1. The Morgan fingerprint density at radius 2 is 1.86 bits per heavy atom. The van der Waals surface area contributed by atoms with Crippen LogP contribution in [0.2, 0.25) is 0 Å². The number of carbonyl (C=O) groups excluding carboxylic acids is 1. The molecule has 0 bridgehead atoms. The lowest BCUT2D eigenvalue weighted by molar-refractivity contribution is 0.0324. The molecule has 0 atom stereocenters. The van der Waals surface area contributed by atoms with Crippen molar-refractivity contribution in [2.24, 2.45) is 0 Å². The van der Waals surface area contributed by atoms with Crippen LogP contribution in [0.3, 0.4) is 0 Å². The molecule has 2 aliphatic heterocycles. The summed E-state index contributed by atoms with van der Waals surface area (Å²) in [6, 6.07) is 3.87. The lowest BCUT2D eigenvalue weighted by atomic mass is 10.1. The molecule has 0 unspecified atom stereocenters. The third-order valence-corrected chi connectivity index (χ3v) is 6.03. The molecule has 6 heteroatoms. The molecule has 1 amide bonds. The number of aromatic nitrogens is 1. The van der Waals surface area contributed by atoms with Gasteiger partial charge in [-0.15, -0.1) is 0 Å². The Morgan fingerprint density at radius 3 is 2.62 bits per heavy atom. The third kappa shape index (κ3) is 6.68. The van der Waals surface area contributed by atoms with Gasteiger partial charge in [-0.3, -0.25) is 9.69 Å². The van der Waals surface area contributed by atoms with Gasteiger partial charge in [0.2, 0.25) is 0 Å². The number of carbonyl (C=O) groups is 1. The first-order chi connectivity index (χ1) is 14.3. The lowest BCUT2D eigenvalue weighted by Crippen LogP contribution is -2.43. The van der Waals surface area contributed by atoms with Crippen LogP contribution in [-0.2, 0) is 4.74 Å². The molecule has 29 heavy (non-hydrogen) atoms. The van der Waals surface area contributed by atoms with E-state index in [0.717, 1.165) is 76.8 Å². The van der Waals surface area contributed by atoms with Crippen molar-refractivity contribution in [1.29, 1.82) is 0 Å². The smallest absolute Gasteiger partial charge is 0.257 e. The van der Waals surface area contributed by atoms with Crippen LogP contribution in [0.1, 0.15) is 62.2 Å². The van der Waals surface area contributed by atoms with E-state index in [1.54, 1.807) is 0 Å². The number of rotatable bonds is 10. The highest BCUT2D eigenvalue weighted by Crippen LogP contribution is 2.23. The summed E-state index contributed by atoms with van der Waals surface area (Å²) < 4.78 is 5.46. The quantitative estimate of drug-likeness (QED) is 0.561. The highest BCUT2D eigenvalue weighted by atomic mass is 16.5. The van der Waals surface area contributed by atoms with Gasteiger partial charge >= 0.3 is 0 Å². The van der Waals surface area contributed by atoms with E-state index in [0.29, 0.717) is 0 Å². The van der Waals surface area contributed by atoms with Crippen LogP contribution in [0.15, 0.2) is 18.3 Å². The van der Waals surface area contributed by atoms with Crippen LogP contribution in [-0.4, -0.2) is 79.7 Å². The van der Waals surface area contributed by atoms with Crippen molar-refractivity contribution in [3.05, 3.63) is 23.9 Å². The minimum atomic E-state index is 0.142. The van der Waals surface area contributed by atoms with E-state index < -0.39 is 0 Å². The molecule has 3 rings (SSSR count). The Bertz CT molecular complexity index is 613. The Labute approximate surface area is 176 Å². The van der Waals surface area contributed by atoms with Gasteiger partial charge in [-0.05, 0) is 37.8 Å². The number of hydrogen-bond acceptors (Lipinski definition) is 5. The first kappa shape index (κ1) is 22.0. The first-order valence-electron chi connectivity index (χ1n) is 11.6. The Hall–Kier alpha value is -1.66. The Balaban J connectivity index is 1.68. The summed E-state index contributed by atoms with van der Waals surface area (Å²) in [5.41, 5.74) is 0.770. The molecule has 0 aliphatic carbocycles. The van der Waals surface area contributed by atoms with E-state index in [9.17, 15) is 4.79 Å². The van der Waals surface area contributed by atoms with E-state index in [1.807, 2.05) is 18.3 Å². The molecule has 3 heterocycles. The highest BCUT2D eigenvalue weighted by Gasteiger charge is 2.24. The average Bonchev–Trinajstić information content (AvgIpc) is 2.79. The molecule has 2 aliphatic rings. The summed E-state index contributed by atoms with van der Waals surface area (Å²) >= 11 is 0. The second-order valence-electron chi connectivity index (χ2n) is 8.23. The van der Waals surface area contributed by atoms with Crippen molar-refractivity contribution in [1.82, 2.24) is 14.8 Å². The molecule has 6 nitrogen and oxygen atoms in total. The predicted molar refractivity (Wildman–Crippen MR) is 118 cm³/mol. The van der Waals surface area contributed by atoms with Gasteiger partial charge in [0.25, 0.3) is 5.91 Å². The number of hydrogen-bond donors (Lipinski definition) is 0. The van der Waals surface area contributed by atoms with Gasteiger partial charge in [0.15, 0.2) is 0 Å². The molecule has 0 aromatic carbocycles. The van der Waals surface area contributed by atoms with Crippen LogP contribution in [0, 0.1) is 0 Å². The fourth-order valence-electron chi connectivity index (χ4n) is 4.22. The maximum Gasteiger partial charge on any atom is 0.257 e. The SMILES string of the molecule is CCCCCCN(CCN1CCOCC1)C(=O)c1cccnc1N1CCCCC1. The zero-order valence-electron chi connectivity index (χ0n) is 18.2. The van der Waals surface area contributed by atoms with Gasteiger partial charge in [-0.1, -0.05) is 26.2 Å². The summed E-state index contributed by atoms with van der Waals surface area (Å²) in [4.78, 5) is 24.9. The monoisotopic (exact) mass is 402 g/mol. The van der Waals surface area contributed by atoms with Gasteiger partial charge in [0.05, 0.1) is 18.8 Å². The molecule has 0 radical (unpaired) electrons. The van der Waals surface area contributed by atoms with Gasteiger partial charge < -0.3 is 14.5 Å². The van der Waals surface area contributed by atoms with E-state index in [4.69, 9.17) is 4.74 Å². The second-order valence-corrected chi connectivity index (χ2v) is 8.23. The van der Waals surface area contributed by atoms with Crippen LogP contribution in [0.25, 0.3) is 0 Å². The first-order valence-corrected chi connectivity index (χ1v) is 11.6. The number of unbranched alkanes of at least 4 members (excludes halogenated alkanes) is 3. The molecule has 162 valence electrons. The zero-order chi connectivity index (χ0) is 20.3. The van der Waals surface area contributed by atoms with Gasteiger partial charge in [-0.2, -0.15) is 0 Å². The fourth-order valence-corrected chi connectivity index (χ4v) is 4.22. The van der Waals surface area contributed by atoms with Crippen molar-refractivity contribution in [3.8, 4) is 0 Å². The van der Waals surface area contributed by atoms with Crippen LogP contribution in [0.5, 0.6) is 0 Å². The number of ether oxygens (including phenoxy) is 1. The maximum absolute atomic E-state index is 13.6. The second kappa shape index (κ2) is 12.1. The van der Waals surface area contributed by atoms with Crippen molar-refractivity contribution in [2.45, 2.75) is 51.9 Å². The number of anilines is 1. The third-order valence-electron chi connectivity index (χ3n) is 6.03. The summed E-state index contributed by atoms with van der Waals surface area (Å²) in [5.74, 6) is 1.02. The zero-order valence-corrected chi connectivity index (χ0v) is 18.2. The van der Waals surface area contributed by atoms with Crippen LogP contribution >= 0.6 is 0 Å². The molecule has 0 N–H and O–H groups in total. The van der Waals surface area contributed by atoms with E-state index in [-0.39, 0.29) is 5.91 Å². The molecular weight excluding hydrogens is 364 g/mol. The largest absolute Gasteiger partial charge is 0.379 e. The Morgan fingerprint density at radius 1 is 1.07 bits per heavy atom. The molecule has 2 fully saturated rings. The van der Waals surface area contributed by atoms with Crippen molar-refractivity contribution < 1.29 is 9.53 Å². The number of pyridine rings is 1. The minimum Gasteiger partial charge on any atom is -0.379 e. The summed E-state index contributed by atoms with van der Waals surface area (Å²) in [6.45, 7) is 10.3. The maximum atomic E-state index is 13.6. The highest BCUT2D eigenvalue weighted by molar-refractivity contribution is 5.99. The summed E-state index contributed by atoms with van der Waals surface area (Å²) in [6.07, 6.45) is 10.2. The van der Waals surface area contributed by atoms with Crippen molar-refractivity contribution in [2.75, 3.05) is 63.9 Å². The van der Waals surface area contributed by atoms with E-state index in [2.05, 4.69) is 26.6 Å². The fraction of sp³-hybridized carbons (Fsp3) is 0.739. The topological polar surface area (TPSA) is 48.9 Å². The summed E-state index contributed by atoms with van der Waals surface area (Å²) in [5, 5.41) is 0. The van der Waals surface area contributed by atoms with E-state index in [1.165, 1.54) is 38.5 Å². The van der Waals surface area contributed by atoms with Gasteiger partial charge in [-0.25, -0.2) is 4.98 Å². The van der Waals surface area contributed by atoms with Crippen LogP contribution in [0.4, 0.5) is 5.82 Å². The van der Waals surface area contributed by atoms with E-state index >= 15 is 0 Å². The standard InChI is InChI=1S/C23H38N4O2/c1-2-3-4-6-14-27(16-15-25-17-19-29-20-18-25)23(28)21-10-9-11-24-22(21)26-12-7-5-8-13-26/h9-11H,2-8,12-20H2,1H3. The molecule has 1 aromatic heterocycles. The Kier molecular flexibility index (Phi) is 9.22.